The Morgan fingerprint density at radius 2 is 1.86 bits per heavy atom. The number of nitrogens with one attached hydrogen (secondary N) is 1. The van der Waals surface area contributed by atoms with Crippen LogP contribution in [0.3, 0.4) is 0 Å². The van der Waals surface area contributed by atoms with Gasteiger partial charge in [0.15, 0.2) is 0 Å². The molecule has 2 rings (SSSR count). The molecule has 0 aliphatic rings. The lowest BCUT2D eigenvalue weighted by Gasteiger charge is -2.30. The van der Waals surface area contributed by atoms with Gasteiger partial charge in [-0.05, 0) is 36.2 Å². The molecular formula is C21H23Cl2FN2O2S. The van der Waals surface area contributed by atoms with E-state index in [9.17, 15) is 14.0 Å². The number of likely N-dealkylation sites (N-methyl/N-ethyl adjacent to an activating group) is 1. The number of amides is 2. The van der Waals surface area contributed by atoms with Crippen molar-refractivity contribution in [1.82, 2.24) is 10.2 Å². The molecule has 0 aromatic heterocycles. The summed E-state index contributed by atoms with van der Waals surface area (Å²) >= 11 is 13.2. The van der Waals surface area contributed by atoms with Crippen molar-refractivity contribution in [2.45, 2.75) is 31.7 Å². The number of halogens is 3. The van der Waals surface area contributed by atoms with Gasteiger partial charge in [0.1, 0.15) is 11.9 Å². The van der Waals surface area contributed by atoms with Gasteiger partial charge in [-0.3, -0.25) is 9.59 Å². The predicted octanol–water partition coefficient (Wildman–Crippen LogP) is 4.92. The molecule has 8 heteroatoms. The van der Waals surface area contributed by atoms with Crippen molar-refractivity contribution >= 4 is 46.8 Å². The van der Waals surface area contributed by atoms with Crippen molar-refractivity contribution < 1.29 is 14.0 Å². The third-order valence-corrected chi connectivity index (χ3v) is 5.98. The van der Waals surface area contributed by atoms with Crippen LogP contribution in [-0.2, 0) is 21.9 Å². The van der Waals surface area contributed by atoms with E-state index in [-0.39, 0.29) is 29.9 Å². The van der Waals surface area contributed by atoms with E-state index in [4.69, 9.17) is 23.2 Å². The van der Waals surface area contributed by atoms with E-state index in [0.29, 0.717) is 22.0 Å². The molecule has 0 saturated carbocycles. The maximum atomic E-state index is 13.9. The molecule has 0 fully saturated rings. The zero-order valence-electron chi connectivity index (χ0n) is 16.3. The van der Waals surface area contributed by atoms with Crippen LogP contribution in [0.5, 0.6) is 0 Å². The zero-order valence-corrected chi connectivity index (χ0v) is 18.6. The fourth-order valence-electron chi connectivity index (χ4n) is 2.87. The van der Waals surface area contributed by atoms with E-state index in [1.54, 1.807) is 36.2 Å². The van der Waals surface area contributed by atoms with Crippen molar-refractivity contribution in [3.63, 3.8) is 0 Å². The van der Waals surface area contributed by atoms with Gasteiger partial charge in [0.05, 0.1) is 5.75 Å². The Labute approximate surface area is 184 Å². The van der Waals surface area contributed by atoms with Crippen LogP contribution in [0.25, 0.3) is 0 Å². The molecule has 0 aliphatic carbocycles. The number of hydrogen-bond donors (Lipinski definition) is 1. The van der Waals surface area contributed by atoms with Crippen molar-refractivity contribution in [3.8, 4) is 0 Å². The Morgan fingerprint density at radius 1 is 1.17 bits per heavy atom. The molecule has 29 heavy (non-hydrogen) atoms. The molecule has 0 spiro atoms. The van der Waals surface area contributed by atoms with E-state index in [2.05, 4.69) is 5.32 Å². The molecule has 2 aromatic carbocycles. The van der Waals surface area contributed by atoms with Gasteiger partial charge in [-0.25, -0.2) is 4.39 Å². The highest BCUT2D eigenvalue weighted by Gasteiger charge is 2.27. The highest BCUT2D eigenvalue weighted by molar-refractivity contribution is 7.99. The number of thioether (sulfide) groups is 1. The van der Waals surface area contributed by atoms with Gasteiger partial charge in [0.25, 0.3) is 0 Å². The average molecular weight is 457 g/mol. The first kappa shape index (κ1) is 23.5. The van der Waals surface area contributed by atoms with Gasteiger partial charge in [0.2, 0.25) is 11.8 Å². The second-order valence-corrected chi connectivity index (χ2v) is 8.21. The SMILES string of the molecule is CC[C@H](C(=O)NC)N(Cc1ccc(Cl)cc1)C(=O)CSCc1c(F)cccc1Cl. The number of benzene rings is 2. The molecule has 2 aromatic rings. The molecule has 156 valence electrons. The average Bonchev–Trinajstić information content (AvgIpc) is 2.71. The summed E-state index contributed by atoms with van der Waals surface area (Å²) in [5.41, 5.74) is 1.24. The smallest absolute Gasteiger partial charge is 0.242 e. The standard InChI is InChI=1S/C21H23Cl2FN2O2S/c1-3-19(21(28)25-2)26(11-14-7-9-15(22)10-8-14)20(27)13-29-12-16-17(23)5-4-6-18(16)24/h4-10,19H,3,11-13H2,1-2H3,(H,25,28)/t19-/m1/s1. The predicted molar refractivity (Wildman–Crippen MR) is 118 cm³/mol. The van der Waals surface area contributed by atoms with Crippen LogP contribution < -0.4 is 5.32 Å². The van der Waals surface area contributed by atoms with Crippen LogP contribution in [0, 0.1) is 5.82 Å². The Kier molecular flexibility index (Phi) is 9.27. The van der Waals surface area contributed by atoms with Gasteiger partial charge in [0, 0.05) is 35.0 Å². The Hall–Kier alpha value is -1.76. The lowest BCUT2D eigenvalue weighted by molar-refractivity contribution is -0.139. The second kappa shape index (κ2) is 11.4. The third kappa shape index (κ3) is 6.63. The Morgan fingerprint density at radius 3 is 2.45 bits per heavy atom. The number of carbonyl (C=O) groups is 2. The van der Waals surface area contributed by atoms with Crippen LogP contribution in [0.15, 0.2) is 42.5 Å². The molecule has 0 saturated heterocycles. The van der Waals surface area contributed by atoms with Crippen LogP contribution in [0.1, 0.15) is 24.5 Å². The minimum Gasteiger partial charge on any atom is -0.357 e. The maximum Gasteiger partial charge on any atom is 0.242 e. The minimum atomic E-state index is -0.596. The molecule has 4 nitrogen and oxygen atoms in total. The minimum absolute atomic E-state index is 0.103. The summed E-state index contributed by atoms with van der Waals surface area (Å²) in [6.45, 7) is 2.14. The highest BCUT2D eigenvalue weighted by Crippen LogP contribution is 2.24. The summed E-state index contributed by atoms with van der Waals surface area (Å²) in [4.78, 5) is 26.8. The number of carbonyl (C=O) groups excluding carboxylic acids is 2. The van der Waals surface area contributed by atoms with Gasteiger partial charge in [-0.1, -0.05) is 48.3 Å². The van der Waals surface area contributed by atoms with E-state index in [1.165, 1.54) is 17.8 Å². The summed E-state index contributed by atoms with van der Waals surface area (Å²) in [5.74, 6) is -0.453. The number of nitrogens with zero attached hydrogens (tertiary/aromatic N) is 1. The van der Waals surface area contributed by atoms with Crippen LogP contribution in [0.4, 0.5) is 4.39 Å². The molecule has 2 amide bonds. The first-order chi connectivity index (χ1) is 13.9. The Bertz CT molecular complexity index is 829. The first-order valence-corrected chi connectivity index (χ1v) is 11.0. The van der Waals surface area contributed by atoms with Crippen molar-refractivity contribution in [2.24, 2.45) is 0 Å². The summed E-state index contributed by atoms with van der Waals surface area (Å²) in [5, 5.41) is 3.55. The van der Waals surface area contributed by atoms with Gasteiger partial charge >= 0.3 is 0 Å². The van der Waals surface area contributed by atoms with Crippen molar-refractivity contribution in [3.05, 3.63) is 69.5 Å². The van der Waals surface area contributed by atoms with Gasteiger partial charge < -0.3 is 10.2 Å². The summed E-state index contributed by atoms with van der Waals surface area (Å²) < 4.78 is 13.9. The molecule has 0 heterocycles. The maximum absolute atomic E-state index is 13.9. The quantitative estimate of drug-likeness (QED) is 0.582. The van der Waals surface area contributed by atoms with E-state index in [0.717, 1.165) is 5.56 Å². The van der Waals surface area contributed by atoms with E-state index >= 15 is 0 Å². The van der Waals surface area contributed by atoms with E-state index in [1.807, 2.05) is 19.1 Å². The van der Waals surface area contributed by atoms with Gasteiger partial charge in [-0.2, -0.15) is 0 Å². The van der Waals surface area contributed by atoms with Crippen molar-refractivity contribution in [1.29, 1.82) is 0 Å². The zero-order chi connectivity index (χ0) is 21.4. The molecule has 1 atom stereocenters. The monoisotopic (exact) mass is 456 g/mol. The second-order valence-electron chi connectivity index (χ2n) is 6.38. The van der Waals surface area contributed by atoms with Crippen LogP contribution >= 0.6 is 35.0 Å². The van der Waals surface area contributed by atoms with Crippen LogP contribution in [0.2, 0.25) is 10.0 Å². The summed E-state index contributed by atoms with van der Waals surface area (Å²) in [6.07, 6.45) is 0.475. The van der Waals surface area contributed by atoms with Crippen molar-refractivity contribution in [2.75, 3.05) is 12.8 Å². The molecule has 0 unspecified atom stereocenters. The number of rotatable bonds is 9. The summed E-state index contributed by atoms with van der Waals surface area (Å²) in [6, 6.07) is 11.0. The molecule has 1 N–H and O–H groups in total. The lowest BCUT2D eigenvalue weighted by atomic mass is 10.1. The normalized spacial score (nSPS) is 11.8. The fraction of sp³-hybridized carbons (Fsp3) is 0.333. The van der Waals surface area contributed by atoms with E-state index < -0.39 is 11.9 Å². The first-order valence-electron chi connectivity index (χ1n) is 9.13. The fourth-order valence-corrected chi connectivity index (χ4v) is 4.24. The topological polar surface area (TPSA) is 49.4 Å². The van der Waals surface area contributed by atoms with Gasteiger partial charge in [-0.15, -0.1) is 11.8 Å². The summed E-state index contributed by atoms with van der Waals surface area (Å²) in [7, 11) is 1.55. The number of hydrogen-bond acceptors (Lipinski definition) is 3. The lowest BCUT2D eigenvalue weighted by Crippen LogP contribution is -2.48. The molecule has 0 radical (unpaired) electrons. The molecular weight excluding hydrogens is 434 g/mol. The largest absolute Gasteiger partial charge is 0.357 e. The Balaban J connectivity index is 2.12. The third-order valence-electron chi connectivity index (χ3n) is 4.43. The highest BCUT2D eigenvalue weighted by atomic mass is 35.5. The van der Waals surface area contributed by atoms with Crippen LogP contribution in [-0.4, -0.2) is 35.6 Å². The molecule has 0 bridgehead atoms. The molecule has 0 aliphatic heterocycles.